The van der Waals surface area contributed by atoms with E-state index < -0.39 is 0 Å². The highest BCUT2D eigenvalue weighted by Crippen LogP contribution is 2.34. The Bertz CT molecular complexity index is 960. The zero-order chi connectivity index (χ0) is 17.6. The predicted octanol–water partition coefficient (Wildman–Crippen LogP) is 0.306. The molecule has 1 fully saturated rings. The summed E-state index contributed by atoms with van der Waals surface area (Å²) in [6.45, 7) is 3.88. The van der Waals surface area contributed by atoms with Gasteiger partial charge in [0.25, 0.3) is 11.1 Å². The molecule has 2 unspecified atom stereocenters. The molecule has 0 aromatic carbocycles. The summed E-state index contributed by atoms with van der Waals surface area (Å²) in [5.74, 6) is 1.16. The summed E-state index contributed by atoms with van der Waals surface area (Å²) in [5.41, 5.74) is 7.65. The van der Waals surface area contributed by atoms with Crippen molar-refractivity contribution >= 4 is 11.9 Å². The zero-order valence-electron chi connectivity index (χ0n) is 14.0. The number of piperidine rings is 1. The van der Waals surface area contributed by atoms with Gasteiger partial charge >= 0.3 is 0 Å². The van der Waals surface area contributed by atoms with E-state index in [2.05, 4.69) is 15.0 Å². The minimum Gasteiger partial charge on any atom is -0.369 e. The molecular formula is C17H20N6O2. The molecule has 2 aromatic rings. The summed E-state index contributed by atoms with van der Waals surface area (Å²) in [4.78, 5) is 36.7. The van der Waals surface area contributed by atoms with Gasteiger partial charge in [0, 0.05) is 49.1 Å². The Morgan fingerprint density at radius 2 is 2.16 bits per heavy atom. The van der Waals surface area contributed by atoms with E-state index in [0.29, 0.717) is 30.7 Å². The quantitative estimate of drug-likeness (QED) is 0.573. The lowest BCUT2D eigenvalue weighted by molar-refractivity contribution is 0.177. The number of pyridine rings is 1. The van der Waals surface area contributed by atoms with Crippen molar-refractivity contribution in [3.63, 3.8) is 0 Å². The van der Waals surface area contributed by atoms with Crippen LogP contribution in [0.15, 0.2) is 38.8 Å². The molecule has 0 saturated carbocycles. The number of nitrogens with two attached hydrogens (primary N) is 1. The van der Waals surface area contributed by atoms with E-state index in [1.54, 1.807) is 13.0 Å². The van der Waals surface area contributed by atoms with Gasteiger partial charge in [-0.25, -0.2) is 4.98 Å². The number of rotatable bonds is 1. The molecule has 2 atom stereocenters. The van der Waals surface area contributed by atoms with Gasteiger partial charge in [-0.1, -0.05) is 6.07 Å². The highest BCUT2D eigenvalue weighted by molar-refractivity contribution is 5.80. The van der Waals surface area contributed by atoms with Crippen LogP contribution in [0.2, 0.25) is 0 Å². The SMILES string of the molecule is Cc1cc(=O)[nH]c(/N=C(/N)N2CC3CC(C2)c2cccc(=O)n2C3)n1. The Hall–Kier alpha value is -2.90. The van der Waals surface area contributed by atoms with Crippen molar-refractivity contribution in [2.24, 2.45) is 16.6 Å². The van der Waals surface area contributed by atoms with Crippen LogP contribution in [-0.4, -0.2) is 38.5 Å². The molecule has 3 N–H and O–H groups in total. The summed E-state index contributed by atoms with van der Waals surface area (Å²) < 4.78 is 1.88. The first-order valence-electron chi connectivity index (χ1n) is 8.36. The van der Waals surface area contributed by atoms with Crippen molar-refractivity contribution in [2.45, 2.75) is 25.8 Å². The number of likely N-dealkylation sites (tertiary alicyclic amines) is 1. The third kappa shape index (κ3) is 2.95. The second kappa shape index (κ2) is 5.87. The van der Waals surface area contributed by atoms with Crippen LogP contribution >= 0.6 is 0 Å². The Labute approximate surface area is 144 Å². The van der Waals surface area contributed by atoms with Crippen molar-refractivity contribution < 1.29 is 0 Å². The highest BCUT2D eigenvalue weighted by atomic mass is 16.1. The Morgan fingerprint density at radius 1 is 1.32 bits per heavy atom. The lowest BCUT2D eigenvalue weighted by Crippen LogP contribution is -2.51. The lowest BCUT2D eigenvalue weighted by atomic mass is 9.83. The molecule has 4 heterocycles. The van der Waals surface area contributed by atoms with Gasteiger partial charge in [-0.05, 0) is 25.3 Å². The van der Waals surface area contributed by atoms with E-state index in [4.69, 9.17) is 5.73 Å². The number of aliphatic imine (C=N–C) groups is 1. The summed E-state index contributed by atoms with van der Waals surface area (Å²) in [6, 6.07) is 6.85. The maximum atomic E-state index is 12.1. The van der Waals surface area contributed by atoms with Gasteiger partial charge in [0.15, 0.2) is 5.96 Å². The van der Waals surface area contributed by atoms with Crippen LogP contribution in [0.3, 0.4) is 0 Å². The lowest BCUT2D eigenvalue weighted by Gasteiger charge is -2.43. The molecule has 1 saturated heterocycles. The number of nitrogens with one attached hydrogen (secondary N) is 1. The topological polar surface area (TPSA) is 109 Å². The predicted molar refractivity (Wildman–Crippen MR) is 94.0 cm³/mol. The largest absolute Gasteiger partial charge is 0.369 e. The van der Waals surface area contributed by atoms with Gasteiger partial charge in [0.2, 0.25) is 5.95 Å². The normalized spacial score (nSPS) is 22.6. The number of H-pyrrole nitrogens is 1. The summed E-state index contributed by atoms with van der Waals surface area (Å²) in [5, 5.41) is 0. The van der Waals surface area contributed by atoms with E-state index in [1.807, 2.05) is 21.6 Å². The maximum absolute atomic E-state index is 12.1. The Morgan fingerprint density at radius 3 is 2.96 bits per heavy atom. The number of fused-ring (bicyclic) bond motifs is 4. The van der Waals surface area contributed by atoms with Crippen LogP contribution in [0.1, 0.15) is 23.7 Å². The van der Waals surface area contributed by atoms with Crippen LogP contribution < -0.4 is 16.9 Å². The van der Waals surface area contributed by atoms with Crippen molar-refractivity contribution in [2.75, 3.05) is 13.1 Å². The van der Waals surface area contributed by atoms with E-state index in [1.165, 1.54) is 6.07 Å². The van der Waals surface area contributed by atoms with Crippen LogP contribution in [0.5, 0.6) is 0 Å². The first-order valence-corrected chi connectivity index (χ1v) is 8.36. The van der Waals surface area contributed by atoms with Gasteiger partial charge < -0.3 is 15.2 Å². The third-order valence-electron chi connectivity index (χ3n) is 4.88. The molecule has 4 rings (SSSR count). The summed E-state index contributed by atoms with van der Waals surface area (Å²) >= 11 is 0. The third-order valence-corrected chi connectivity index (χ3v) is 4.88. The highest BCUT2D eigenvalue weighted by Gasteiger charge is 2.35. The zero-order valence-corrected chi connectivity index (χ0v) is 14.0. The number of aromatic amines is 1. The number of aromatic nitrogens is 3. The van der Waals surface area contributed by atoms with Crippen LogP contribution in [0.4, 0.5) is 5.95 Å². The van der Waals surface area contributed by atoms with Gasteiger partial charge in [0.05, 0.1) is 0 Å². The monoisotopic (exact) mass is 340 g/mol. The van der Waals surface area contributed by atoms with E-state index >= 15 is 0 Å². The molecule has 8 nitrogen and oxygen atoms in total. The van der Waals surface area contributed by atoms with Crippen LogP contribution in [-0.2, 0) is 6.54 Å². The standard InChI is InChI=1S/C17H20N6O2/c1-10-5-14(24)20-17(19-10)21-16(18)22-7-11-6-12(9-22)13-3-2-4-15(25)23(13)8-11/h2-5,11-12H,6-9H2,1H3,(H3,18,19,20,21,24). The smallest absolute Gasteiger partial charge is 0.252 e. The van der Waals surface area contributed by atoms with E-state index in [-0.39, 0.29) is 23.0 Å². The number of hydrogen-bond acceptors (Lipinski definition) is 4. The second-order valence-electron chi connectivity index (χ2n) is 6.78. The molecule has 0 aliphatic carbocycles. The molecule has 0 spiro atoms. The average Bonchev–Trinajstić information content (AvgIpc) is 2.55. The van der Waals surface area contributed by atoms with Crippen molar-refractivity contribution in [3.8, 4) is 0 Å². The van der Waals surface area contributed by atoms with E-state index in [0.717, 1.165) is 18.7 Å². The van der Waals surface area contributed by atoms with E-state index in [9.17, 15) is 9.59 Å². The van der Waals surface area contributed by atoms with Gasteiger partial charge in [0.1, 0.15) is 0 Å². The Kier molecular flexibility index (Phi) is 3.67. The van der Waals surface area contributed by atoms with Crippen LogP contribution in [0.25, 0.3) is 0 Å². The maximum Gasteiger partial charge on any atom is 0.252 e. The van der Waals surface area contributed by atoms with Crippen molar-refractivity contribution in [1.82, 2.24) is 19.4 Å². The molecule has 0 amide bonds. The molecule has 2 aromatic heterocycles. The first kappa shape index (κ1) is 15.6. The number of guanidine groups is 1. The second-order valence-corrected chi connectivity index (χ2v) is 6.78. The minimum atomic E-state index is -0.247. The molecule has 8 heteroatoms. The fraction of sp³-hybridized carbons (Fsp3) is 0.412. The number of hydrogen-bond donors (Lipinski definition) is 2. The molecule has 25 heavy (non-hydrogen) atoms. The van der Waals surface area contributed by atoms with Crippen molar-refractivity contribution in [3.05, 3.63) is 56.4 Å². The fourth-order valence-electron chi connectivity index (χ4n) is 3.88. The number of aryl methyl sites for hydroxylation is 1. The molecule has 0 radical (unpaired) electrons. The molecular weight excluding hydrogens is 320 g/mol. The average molecular weight is 340 g/mol. The molecule has 2 bridgehead atoms. The van der Waals surface area contributed by atoms with Gasteiger partial charge in [-0.15, -0.1) is 0 Å². The number of nitrogens with zero attached hydrogens (tertiary/aromatic N) is 4. The van der Waals surface area contributed by atoms with Gasteiger partial charge in [-0.3, -0.25) is 14.6 Å². The summed E-state index contributed by atoms with van der Waals surface area (Å²) in [6.07, 6.45) is 1.05. The molecule has 2 aliphatic heterocycles. The molecule has 130 valence electrons. The first-order chi connectivity index (χ1) is 12.0. The van der Waals surface area contributed by atoms with Crippen molar-refractivity contribution in [1.29, 1.82) is 0 Å². The minimum absolute atomic E-state index is 0.0591. The van der Waals surface area contributed by atoms with Crippen LogP contribution in [0, 0.1) is 12.8 Å². The van der Waals surface area contributed by atoms with Gasteiger partial charge in [-0.2, -0.15) is 4.99 Å². The summed E-state index contributed by atoms with van der Waals surface area (Å²) in [7, 11) is 0. The molecule has 2 aliphatic rings. The Balaban J connectivity index is 1.62. The fourth-order valence-corrected chi connectivity index (χ4v) is 3.88.